The van der Waals surface area contributed by atoms with Crippen molar-refractivity contribution in [3.05, 3.63) is 35.4 Å². The van der Waals surface area contributed by atoms with Gasteiger partial charge in [0.1, 0.15) is 0 Å². The second-order valence-corrected chi connectivity index (χ2v) is 7.68. The number of hydrogen-bond donors (Lipinski definition) is 2. The molecule has 1 aromatic carbocycles. The van der Waals surface area contributed by atoms with Gasteiger partial charge in [-0.25, -0.2) is 4.99 Å². The average Bonchev–Trinajstić information content (AvgIpc) is 3.07. The van der Waals surface area contributed by atoms with Crippen molar-refractivity contribution in [1.82, 2.24) is 15.5 Å². The highest BCUT2D eigenvalue weighted by Gasteiger charge is 2.19. The van der Waals surface area contributed by atoms with Crippen LogP contribution in [0.4, 0.5) is 0 Å². The fourth-order valence-corrected chi connectivity index (χ4v) is 3.13. The second-order valence-electron chi connectivity index (χ2n) is 7.68. The minimum atomic E-state index is 0. The molecular formula is C22H37IN4O2. The third-order valence-electron chi connectivity index (χ3n) is 4.51. The number of ether oxygens (including phenoxy) is 1. The van der Waals surface area contributed by atoms with Crippen LogP contribution in [0.5, 0.6) is 0 Å². The molecule has 0 unspecified atom stereocenters. The van der Waals surface area contributed by atoms with Crippen molar-refractivity contribution >= 4 is 35.8 Å². The van der Waals surface area contributed by atoms with Crippen molar-refractivity contribution in [2.24, 2.45) is 10.9 Å². The van der Waals surface area contributed by atoms with E-state index in [9.17, 15) is 4.79 Å². The van der Waals surface area contributed by atoms with E-state index in [1.807, 2.05) is 11.0 Å². The zero-order valence-electron chi connectivity index (χ0n) is 18.1. The molecule has 1 heterocycles. The molecule has 7 heteroatoms. The molecule has 0 aliphatic carbocycles. The Morgan fingerprint density at radius 2 is 2.07 bits per heavy atom. The van der Waals surface area contributed by atoms with Gasteiger partial charge >= 0.3 is 0 Å². The number of rotatable bonds is 11. The molecule has 2 N–H and O–H groups in total. The van der Waals surface area contributed by atoms with Gasteiger partial charge in [-0.15, -0.1) is 24.0 Å². The van der Waals surface area contributed by atoms with Crippen molar-refractivity contribution in [3.8, 4) is 0 Å². The van der Waals surface area contributed by atoms with Crippen LogP contribution < -0.4 is 10.6 Å². The molecule has 0 saturated carbocycles. The summed E-state index contributed by atoms with van der Waals surface area (Å²) in [5.41, 5.74) is 2.32. The van der Waals surface area contributed by atoms with E-state index in [4.69, 9.17) is 9.73 Å². The third-order valence-corrected chi connectivity index (χ3v) is 4.51. The summed E-state index contributed by atoms with van der Waals surface area (Å²) >= 11 is 0. The summed E-state index contributed by atoms with van der Waals surface area (Å²) in [6, 6.07) is 8.37. The Labute approximate surface area is 192 Å². The van der Waals surface area contributed by atoms with E-state index in [1.54, 1.807) is 0 Å². The molecule has 1 aliphatic rings. The monoisotopic (exact) mass is 516 g/mol. The van der Waals surface area contributed by atoms with Gasteiger partial charge in [0, 0.05) is 45.8 Å². The summed E-state index contributed by atoms with van der Waals surface area (Å²) < 4.78 is 5.61. The van der Waals surface area contributed by atoms with Crippen molar-refractivity contribution < 1.29 is 9.53 Å². The van der Waals surface area contributed by atoms with Crippen LogP contribution in [0, 0.1) is 5.92 Å². The molecule has 0 radical (unpaired) electrons. The molecule has 1 aromatic rings. The number of nitrogens with zero attached hydrogens (tertiary/aromatic N) is 2. The van der Waals surface area contributed by atoms with Crippen LogP contribution >= 0.6 is 24.0 Å². The molecule has 0 atom stereocenters. The molecule has 1 amide bonds. The molecule has 6 nitrogen and oxygen atoms in total. The lowest BCUT2D eigenvalue weighted by atomic mass is 10.1. The average molecular weight is 516 g/mol. The SMILES string of the molecule is CCNC(=NCc1cccc(CN2CCCC2=O)c1)NCCCOCC(C)C.I. The predicted octanol–water partition coefficient (Wildman–Crippen LogP) is 3.54. The second kappa shape index (κ2) is 14.6. The predicted molar refractivity (Wildman–Crippen MR) is 130 cm³/mol. The highest BCUT2D eigenvalue weighted by Crippen LogP contribution is 2.15. The Balaban J connectivity index is 0.00000420. The molecule has 0 bridgehead atoms. The zero-order chi connectivity index (χ0) is 20.2. The maximum atomic E-state index is 11.8. The van der Waals surface area contributed by atoms with Crippen molar-refractivity contribution in [2.45, 2.75) is 53.1 Å². The summed E-state index contributed by atoms with van der Waals surface area (Å²) in [5, 5.41) is 6.65. The maximum Gasteiger partial charge on any atom is 0.222 e. The zero-order valence-corrected chi connectivity index (χ0v) is 20.4. The first-order valence-corrected chi connectivity index (χ1v) is 10.5. The number of benzene rings is 1. The van der Waals surface area contributed by atoms with Gasteiger partial charge in [0.25, 0.3) is 0 Å². The number of carbonyl (C=O) groups excluding carboxylic acids is 1. The van der Waals surface area contributed by atoms with E-state index < -0.39 is 0 Å². The van der Waals surface area contributed by atoms with E-state index >= 15 is 0 Å². The minimum Gasteiger partial charge on any atom is -0.381 e. The smallest absolute Gasteiger partial charge is 0.222 e. The summed E-state index contributed by atoms with van der Waals surface area (Å²) in [4.78, 5) is 18.5. The molecular weight excluding hydrogens is 479 g/mol. The largest absolute Gasteiger partial charge is 0.381 e. The Morgan fingerprint density at radius 3 is 2.76 bits per heavy atom. The van der Waals surface area contributed by atoms with Gasteiger partial charge in [-0.05, 0) is 36.8 Å². The summed E-state index contributed by atoms with van der Waals surface area (Å²) in [7, 11) is 0. The van der Waals surface area contributed by atoms with Crippen LogP contribution in [-0.4, -0.2) is 49.6 Å². The first-order chi connectivity index (χ1) is 13.6. The number of likely N-dealkylation sites (tertiary alicyclic amines) is 1. The van der Waals surface area contributed by atoms with Gasteiger partial charge in [-0.3, -0.25) is 4.79 Å². The fraction of sp³-hybridized carbons (Fsp3) is 0.636. The van der Waals surface area contributed by atoms with Crippen LogP contribution in [-0.2, 0) is 22.6 Å². The summed E-state index contributed by atoms with van der Waals surface area (Å²) in [5.74, 6) is 1.66. The number of carbonyl (C=O) groups is 1. The quantitative estimate of drug-likeness (QED) is 0.205. The van der Waals surface area contributed by atoms with Crippen LogP contribution in [0.2, 0.25) is 0 Å². The Bertz CT molecular complexity index is 637. The maximum absolute atomic E-state index is 11.8. The van der Waals surface area contributed by atoms with Crippen molar-refractivity contribution in [1.29, 1.82) is 0 Å². The Morgan fingerprint density at radius 1 is 1.28 bits per heavy atom. The number of amides is 1. The lowest BCUT2D eigenvalue weighted by Gasteiger charge is -2.16. The van der Waals surface area contributed by atoms with Gasteiger partial charge in [-0.2, -0.15) is 0 Å². The van der Waals surface area contributed by atoms with Gasteiger partial charge in [0.15, 0.2) is 5.96 Å². The number of nitrogens with one attached hydrogen (secondary N) is 2. The van der Waals surface area contributed by atoms with Gasteiger partial charge in [-0.1, -0.05) is 38.1 Å². The van der Waals surface area contributed by atoms with Crippen LogP contribution in [0.15, 0.2) is 29.3 Å². The molecule has 1 saturated heterocycles. The van der Waals surface area contributed by atoms with E-state index in [-0.39, 0.29) is 29.9 Å². The summed E-state index contributed by atoms with van der Waals surface area (Å²) in [6.07, 6.45) is 2.61. The van der Waals surface area contributed by atoms with E-state index in [0.29, 0.717) is 25.4 Å². The van der Waals surface area contributed by atoms with Gasteiger partial charge in [0.05, 0.1) is 6.54 Å². The van der Waals surface area contributed by atoms with Crippen LogP contribution in [0.3, 0.4) is 0 Å². The number of aliphatic imine (C=N–C) groups is 1. The van der Waals surface area contributed by atoms with E-state index in [0.717, 1.165) is 57.2 Å². The van der Waals surface area contributed by atoms with Gasteiger partial charge in [0.2, 0.25) is 5.91 Å². The van der Waals surface area contributed by atoms with E-state index in [2.05, 4.69) is 49.6 Å². The first kappa shape index (κ1) is 25.7. The molecule has 0 aromatic heterocycles. The Kier molecular flexibility index (Phi) is 12.9. The van der Waals surface area contributed by atoms with Crippen LogP contribution in [0.25, 0.3) is 0 Å². The highest BCUT2D eigenvalue weighted by atomic mass is 127. The molecule has 29 heavy (non-hydrogen) atoms. The summed E-state index contributed by atoms with van der Waals surface area (Å²) in [6.45, 7) is 11.8. The molecule has 1 fully saturated rings. The van der Waals surface area contributed by atoms with E-state index in [1.165, 1.54) is 5.56 Å². The molecule has 2 rings (SSSR count). The Hall–Kier alpha value is -1.35. The standard InChI is InChI=1S/C22H36N4O2.HI/c1-4-23-22(24-11-7-13-28-17-18(2)3)25-15-19-8-5-9-20(14-19)16-26-12-6-10-21(26)27;/h5,8-9,14,18H,4,6-7,10-13,15-17H2,1-3H3,(H2,23,24,25);1H. The third kappa shape index (κ3) is 10.3. The van der Waals surface area contributed by atoms with Gasteiger partial charge < -0.3 is 20.3 Å². The van der Waals surface area contributed by atoms with Crippen LogP contribution in [0.1, 0.15) is 51.2 Å². The number of guanidine groups is 1. The van der Waals surface area contributed by atoms with Crippen molar-refractivity contribution in [2.75, 3.05) is 32.8 Å². The topological polar surface area (TPSA) is 66.0 Å². The highest BCUT2D eigenvalue weighted by molar-refractivity contribution is 14.0. The molecule has 164 valence electrons. The lowest BCUT2D eigenvalue weighted by molar-refractivity contribution is -0.128. The first-order valence-electron chi connectivity index (χ1n) is 10.5. The number of hydrogen-bond acceptors (Lipinski definition) is 3. The van der Waals surface area contributed by atoms with Crippen molar-refractivity contribution in [3.63, 3.8) is 0 Å². The normalized spacial score (nSPS) is 14.3. The number of halogens is 1. The molecule has 1 aliphatic heterocycles. The lowest BCUT2D eigenvalue weighted by Crippen LogP contribution is -2.38. The fourth-order valence-electron chi connectivity index (χ4n) is 3.13. The minimum absolute atomic E-state index is 0. The molecule has 0 spiro atoms.